The maximum absolute atomic E-state index is 14.4. The molecule has 59 heavy (non-hydrogen) atoms. The third kappa shape index (κ3) is 11.0. The van der Waals surface area contributed by atoms with Gasteiger partial charge in [0, 0.05) is 62.1 Å². The molecule has 0 radical (unpaired) electrons. The van der Waals surface area contributed by atoms with Gasteiger partial charge < -0.3 is 44.7 Å². The zero-order chi connectivity index (χ0) is 43.8. The summed E-state index contributed by atoms with van der Waals surface area (Å²) in [4.78, 5) is 45.8. The van der Waals surface area contributed by atoms with Crippen LogP contribution in [0.1, 0.15) is 94.4 Å². The quantitative estimate of drug-likeness (QED) is 0.0695. The minimum absolute atomic E-state index is 0.241. The van der Waals surface area contributed by atoms with Crippen LogP contribution in [-0.2, 0) is 39.8 Å². The Morgan fingerprint density at radius 2 is 1.78 bits per heavy atom. The number of hydrogen-bond acceptors (Lipinski definition) is 14. The second-order valence-corrected chi connectivity index (χ2v) is 17.0. The number of methoxy groups -OCH3 is 1. The number of aromatic nitrogens is 3. The van der Waals surface area contributed by atoms with E-state index in [1.807, 2.05) is 97.9 Å². The number of nitrogens with one attached hydrogen (secondary N) is 1. The van der Waals surface area contributed by atoms with E-state index in [1.165, 1.54) is 6.92 Å². The highest BCUT2D eigenvalue weighted by atomic mass is 16.7. The molecular formula is C43H71N7O9. The standard InChI is InChI=1S/C43H71N7O9/c1-13-33(48(10)11)36(52)40(56-15-3)58-38-27(5)35(51)28(6)39(53)57-34(14-2)43(9)37(29(7)45-26(4)24-42(38,8)55-12)50(41(54)59-43)22-17-16-21-49-25-32(46-47-49)30-19-18-20-31(44)23-30/h18-20,23,25-29,33-34,36-38,40,45,52H,13-17,21-22,24,44H2,1-12H3/t26?,27-,28+,29+,33?,34+,36?,37+,38+,40-,42+,43+/m0/s1. The van der Waals surface area contributed by atoms with Gasteiger partial charge >= 0.3 is 12.1 Å². The van der Waals surface area contributed by atoms with Crippen molar-refractivity contribution in [2.75, 3.05) is 40.1 Å². The number of cyclic esters (lactones) is 1. The largest absolute Gasteiger partial charge is 0.458 e. The molecule has 16 nitrogen and oxygen atoms in total. The number of nitrogen functional groups attached to an aromatic ring is 1. The molecule has 2 aliphatic rings. The van der Waals surface area contributed by atoms with Crippen molar-refractivity contribution >= 4 is 23.5 Å². The zero-order valence-corrected chi connectivity index (χ0v) is 37.3. The number of esters is 1. The minimum atomic E-state index is -1.25. The summed E-state index contributed by atoms with van der Waals surface area (Å²) >= 11 is 0. The summed E-state index contributed by atoms with van der Waals surface area (Å²) in [6.07, 6.45) is 0.0860. The molecule has 2 fully saturated rings. The normalized spacial score (nSPS) is 31.3. The van der Waals surface area contributed by atoms with Crippen LogP contribution in [0.3, 0.4) is 0 Å². The van der Waals surface area contributed by atoms with Gasteiger partial charge in [-0.05, 0) is 99.9 Å². The maximum atomic E-state index is 14.4. The van der Waals surface area contributed by atoms with E-state index in [0.717, 1.165) is 11.3 Å². The van der Waals surface area contributed by atoms with Gasteiger partial charge in [-0.15, -0.1) is 5.10 Å². The number of carbonyl (C=O) groups excluding carboxylic acids is 3. The number of aryl methyl sites for hydroxylation is 1. The van der Waals surface area contributed by atoms with Crippen molar-refractivity contribution in [3.05, 3.63) is 30.5 Å². The van der Waals surface area contributed by atoms with E-state index in [0.29, 0.717) is 50.9 Å². The van der Waals surface area contributed by atoms with Crippen LogP contribution in [0.4, 0.5) is 10.5 Å². The fourth-order valence-electron chi connectivity index (χ4n) is 9.22. The number of nitrogens with zero attached hydrogens (tertiary/aromatic N) is 5. The summed E-state index contributed by atoms with van der Waals surface area (Å²) in [7, 11) is 5.33. The monoisotopic (exact) mass is 830 g/mol. The Labute approximate surface area is 350 Å². The minimum Gasteiger partial charge on any atom is -0.458 e. The van der Waals surface area contributed by atoms with E-state index >= 15 is 0 Å². The molecule has 16 heteroatoms. The van der Waals surface area contributed by atoms with E-state index in [4.69, 9.17) is 29.4 Å². The number of anilines is 1. The number of Topliss-reactive ketones (excluding diaryl/α,β-unsaturated/α-hetero) is 1. The van der Waals surface area contributed by atoms with Crippen molar-refractivity contribution in [1.29, 1.82) is 0 Å². The van der Waals surface area contributed by atoms with Gasteiger partial charge in [0.2, 0.25) is 0 Å². The molecule has 3 unspecified atom stereocenters. The molecule has 0 saturated carbocycles. The number of rotatable bonds is 16. The lowest BCUT2D eigenvalue weighted by Gasteiger charge is -2.45. The van der Waals surface area contributed by atoms with Crippen LogP contribution in [0.2, 0.25) is 0 Å². The first-order valence-corrected chi connectivity index (χ1v) is 21.3. The predicted octanol–water partition coefficient (Wildman–Crippen LogP) is 4.67. The molecule has 2 aliphatic heterocycles. The lowest BCUT2D eigenvalue weighted by molar-refractivity contribution is -0.265. The van der Waals surface area contributed by atoms with Crippen molar-refractivity contribution in [2.24, 2.45) is 11.8 Å². The van der Waals surface area contributed by atoms with E-state index < -0.39 is 71.5 Å². The topological polar surface area (TPSA) is 193 Å². The van der Waals surface area contributed by atoms with E-state index in [-0.39, 0.29) is 24.7 Å². The van der Waals surface area contributed by atoms with Crippen molar-refractivity contribution in [1.82, 2.24) is 30.1 Å². The third-order valence-corrected chi connectivity index (χ3v) is 12.3. The number of amides is 1. The molecule has 0 bridgehead atoms. The van der Waals surface area contributed by atoms with Crippen molar-refractivity contribution in [2.45, 2.75) is 161 Å². The number of aliphatic hydroxyl groups is 1. The fourth-order valence-corrected chi connectivity index (χ4v) is 9.22. The molecule has 1 aromatic carbocycles. The number of ether oxygens (including phenoxy) is 5. The maximum Gasteiger partial charge on any atom is 0.410 e. The summed E-state index contributed by atoms with van der Waals surface area (Å²) in [6, 6.07) is 6.04. The van der Waals surface area contributed by atoms with Crippen LogP contribution in [0.5, 0.6) is 0 Å². The number of nitrogens with two attached hydrogens (primary N) is 1. The second-order valence-electron chi connectivity index (χ2n) is 17.0. The number of carbonyl (C=O) groups is 3. The molecule has 0 aliphatic carbocycles. The molecule has 1 amide bonds. The van der Waals surface area contributed by atoms with E-state index in [9.17, 15) is 19.5 Å². The van der Waals surface area contributed by atoms with Gasteiger partial charge in [0.25, 0.3) is 0 Å². The average Bonchev–Trinajstić information content (AvgIpc) is 3.77. The van der Waals surface area contributed by atoms with Crippen LogP contribution in [-0.4, -0.2) is 142 Å². The van der Waals surface area contributed by atoms with Gasteiger partial charge in [-0.2, -0.15) is 0 Å². The molecule has 2 aromatic rings. The molecule has 12 atom stereocenters. The number of ketones is 1. The van der Waals surface area contributed by atoms with Gasteiger partial charge in [-0.3, -0.25) is 19.2 Å². The molecule has 3 heterocycles. The Hall–Kier alpha value is -3.67. The summed E-state index contributed by atoms with van der Waals surface area (Å²) in [6.45, 7) is 17.8. The number of hydrogen-bond donors (Lipinski definition) is 3. The highest BCUT2D eigenvalue weighted by Crippen LogP contribution is 2.40. The summed E-state index contributed by atoms with van der Waals surface area (Å²) < 4.78 is 33.1. The molecule has 332 valence electrons. The van der Waals surface area contributed by atoms with Gasteiger partial charge in [0.1, 0.15) is 23.8 Å². The van der Waals surface area contributed by atoms with Gasteiger partial charge in [0.15, 0.2) is 17.7 Å². The van der Waals surface area contributed by atoms with Crippen molar-refractivity contribution < 1.29 is 43.2 Å². The molecule has 1 aromatic heterocycles. The smallest absolute Gasteiger partial charge is 0.410 e. The second kappa shape index (κ2) is 20.7. The SMILES string of the molecule is CCO[C@@H](O[C@@H]1[C@@H](C)C(=O)[C@@H](C)C(=O)O[C@H](CC)[C@@]2(C)OC(=O)N(CCCCn3cc(-c4cccc(N)c4)nn3)[C@@H]2[C@@H](C)NC(C)C[C@@]1(C)OC)C(O)C(CC)N(C)C. The van der Waals surface area contributed by atoms with Crippen LogP contribution < -0.4 is 11.1 Å². The first kappa shape index (κ1) is 48.0. The van der Waals surface area contributed by atoms with Gasteiger partial charge in [-0.1, -0.05) is 38.1 Å². The average molecular weight is 830 g/mol. The Kier molecular flexibility index (Phi) is 16.9. The lowest BCUT2D eigenvalue weighted by Crippen LogP contribution is -2.63. The van der Waals surface area contributed by atoms with E-state index in [1.54, 1.807) is 23.6 Å². The lowest BCUT2D eigenvalue weighted by atomic mass is 9.79. The highest BCUT2D eigenvalue weighted by Gasteiger charge is 2.59. The Morgan fingerprint density at radius 3 is 2.39 bits per heavy atom. The van der Waals surface area contributed by atoms with Crippen LogP contribution in [0.25, 0.3) is 11.3 Å². The van der Waals surface area contributed by atoms with Gasteiger partial charge in [-0.25, -0.2) is 4.79 Å². The number of aliphatic hydroxyl groups excluding tert-OH is 1. The molecule has 4 rings (SSSR count). The van der Waals surface area contributed by atoms with Crippen molar-refractivity contribution in [3.8, 4) is 11.3 Å². The number of unbranched alkanes of at least 4 members (excludes halogenated alkanes) is 1. The Balaban J connectivity index is 1.63. The summed E-state index contributed by atoms with van der Waals surface area (Å²) in [5, 5.41) is 23.9. The predicted molar refractivity (Wildman–Crippen MR) is 224 cm³/mol. The first-order chi connectivity index (χ1) is 27.8. The molecule has 4 N–H and O–H groups in total. The summed E-state index contributed by atoms with van der Waals surface area (Å²) in [5.74, 6) is -3.20. The van der Waals surface area contributed by atoms with Crippen LogP contribution >= 0.6 is 0 Å². The first-order valence-electron chi connectivity index (χ1n) is 21.3. The van der Waals surface area contributed by atoms with Crippen LogP contribution in [0, 0.1) is 11.8 Å². The highest BCUT2D eigenvalue weighted by molar-refractivity contribution is 6.00. The van der Waals surface area contributed by atoms with Gasteiger partial charge in [0.05, 0.1) is 23.9 Å². The number of likely N-dealkylation sites (N-methyl/N-ethyl adjacent to an activating group) is 1. The third-order valence-electron chi connectivity index (χ3n) is 12.3. The zero-order valence-electron chi connectivity index (χ0n) is 37.3. The fraction of sp³-hybridized carbons (Fsp3) is 0.744. The van der Waals surface area contributed by atoms with Crippen LogP contribution in [0.15, 0.2) is 30.5 Å². The van der Waals surface area contributed by atoms with Crippen molar-refractivity contribution in [3.63, 3.8) is 0 Å². The molecular weight excluding hydrogens is 759 g/mol. The number of fused-ring (bicyclic) bond motifs is 1. The molecule has 2 saturated heterocycles. The van der Waals surface area contributed by atoms with E-state index in [2.05, 4.69) is 15.6 Å². The molecule has 0 spiro atoms. The number of benzene rings is 1. The summed E-state index contributed by atoms with van der Waals surface area (Å²) in [5.41, 5.74) is 5.85. The Bertz CT molecular complexity index is 1690. The Morgan fingerprint density at radius 1 is 1.08 bits per heavy atom.